The molecule has 1 aromatic carbocycles. The molecule has 6 nitrogen and oxygen atoms in total. The van der Waals surface area contributed by atoms with Gasteiger partial charge in [0.25, 0.3) is 5.91 Å². The number of amides is 1. The Morgan fingerprint density at radius 2 is 1.83 bits per heavy atom. The number of aryl methyl sites for hydroxylation is 1. The van der Waals surface area contributed by atoms with E-state index in [-0.39, 0.29) is 23.1 Å². The number of alkyl halides is 3. The quantitative estimate of drug-likeness (QED) is 0.312. The van der Waals surface area contributed by atoms with Gasteiger partial charge in [-0.25, -0.2) is 9.50 Å². The maximum Gasteiger partial charge on any atom is 0.433 e. The molecule has 0 fully saturated rings. The summed E-state index contributed by atoms with van der Waals surface area (Å²) >= 11 is 0. The Bertz CT molecular complexity index is 1310. The van der Waals surface area contributed by atoms with Crippen molar-refractivity contribution in [1.29, 1.82) is 0 Å². The lowest BCUT2D eigenvalue weighted by atomic mass is 10.0. The Morgan fingerprint density at radius 3 is 2.43 bits per heavy atom. The molecule has 1 atom stereocenters. The average molecular weight is 485 g/mol. The number of carbonyl (C=O) groups excluding carboxylic acids is 1. The molecule has 0 aliphatic heterocycles. The zero-order valence-corrected chi connectivity index (χ0v) is 20.0. The molecular weight excluding hydrogens is 457 g/mol. The van der Waals surface area contributed by atoms with Crippen molar-refractivity contribution in [3.63, 3.8) is 0 Å². The van der Waals surface area contributed by atoms with Gasteiger partial charge in [0.2, 0.25) is 0 Å². The van der Waals surface area contributed by atoms with E-state index in [1.807, 2.05) is 39.0 Å². The molecule has 0 saturated carbocycles. The molecule has 1 amide bonds. The zero-order valence-electron chi connectivity index (χ0n) is 20.0. The molecule has 0 aliphatic rings. The predicted molar refractivity (Wildman–Crippen MR) is 126 cm³/mol. The van der Waals surface area contributed by atoms with Gasteiger partial charge in [-0.15, -0.1) is 0 Å². The lowest BCUT2D eigenvalue weighted by molar-refractivity contribution is -0.142. The molecule has 35 heavy (non-hydrogen) atoms. The minimum atomic E-state index is -4.68. The highest BCUT2D eigenvalue weighted by Crippen LogP contribution is 2.33. The summed E-state index contributed by atoms with van der Waals surface area (Å²) in [4.78, 5) is 18.9. The average Bonchev–Trinajstić information content (AvgIpc) is 3.50. The fourth-order valence-electron chi connectivity index (χ4n) is 3.85. The Hall–Kier alpha value is -3.62. The summed E-state index contributed by atoms with van der Waals surface area (Å²) in [5, 5.41) is 3.99. The lowest BCUT2D eigenvalue weighted by Gasteiger charge is -2.23. The van der Waals surface area contributed by atoms with E-state index >= 15 is 0 Å². The van der Waals surface area contributed by atoms with Gasteiger partial charge in [0.05, 0.1) is 12.0 Å². The van der Waals surface area contributed by atoms with Gasteiger partial charge in [-0.2, -0.15) is 18.3 Å². The van der Waals surface area contributed by atoms with Crippen molar-refractivity contribution in [3.8, 4) is 11.3 Å². The zero-order chi connectivity index (χ0) is 25.3. The molecule has 0 unspecified atom stereocenters. The van der Waals surface area contributed by atoms with Crippen LogP contribution in [0.5, 0.6) is 0 Å². The van der Waals surface area contributed by atoms with E-state index in [0.717, 1.165) is 17.4 Å². The third kappa shape index (κ3) is 5.23. The first-order valence-electron chi connectivity index (χ1n) is 11.4. The van der Waals surface area contributed by atoms with Crippen LogP contribution in [0.2, 0.25) is 0 Å². The van der Waals surface area contributed by atoms with Crippen molar-refractivity contribution in [2.45, 2.75) is 51.7 Å². The summed E-state index contributed by atoms with van der Waals surface area (Å²) in [5.41, 5.74) is 0.676. The highest BCUT2D eigenvalue weighted by atomic mass is 19.4. The van der Waals surface area contributed by atoms with Crippen LogP contribution in [0.3, 0.4) is 0 Å². The molecule has 9 heteroatoms. The Balaban J connectivity index is 1.65. The molecular formula is C26H27F3N4O2. The summed E-state index contributed by atoms with van der Waals surface area (Å²) in [6, 6.07) is 13.0. The monoisotopic (exact) mass is 484 g/mol. The van der Waals surface area contributed by atoms with E-state index in [1.165, 1.54) is 11.0 Å². The Labute approximate surface area is 201 Å². The number of halogens is 3. The van der Waals surface area contributed by atoms with E-state index in [0.29, 0.717) is 28.8 Å². The number of hydrogen-bond acceptors (Lipinski definition) is 4. The van der Waals surface area contributed by atoms with Gasteiger partial charge in [0.1, 0.15) is 5.76 Å². The van der Waals surface area contributed by atoms with Gasteiger partial charge >= 0.3 is 6.18 Å². The SMILES string of the molecule is CC(C)c1ccc(-c2cc(C(F)(F)F)n3nc(C(=O)N(C)[C@@H](C)CCc4ccco4)cc3n2)cc1. The second kappa shape index (κ2) is 9.56. The van der Waals surface area contributed by atoms with E-state index < -0.39 is 17.8 Å². The van der Waals surface area contributed by atoms with Gasteiger partial charge in [-0.3, -0.25) is 4.79 Å². The number of benzene rings is 1. The van der Waals surface area contributed by atoms with Crippen LogP contribution in [0, 0.1) is 0 Å². The Morgan fingerprint density at radius 1 is 1.11 bits per heavy atom. The van der Waals surface area contributed by atoms with E-state index in [1.54, 1.807) is 31.5 Å². The predicted octanol–water partition coefficient (Wildman–Crippen LogP) is 6.22. The van der Waals surface area contributed by atoms with Crippen molar-refractivity contribution in [2.24, 2.45) is 0 Å². The standard InChI is InChI=1S/C26H27F3N4O2/c1-16(2)18-8-10-19(11-9-18)21-14-23(26(27,28)29)33-24(30-21)15-22(31-33)25(34)32(4)17(3)7-12-20-6-5-13-35-20/h5-6,8-11,13-17H,7,12H2,1-4H3/t17-/m0/s1. The molecule has 0 aliphatic carbocycles. The highest BCUT2D eigenvalue weighted by Gasteiger charge is 2.36. The first-order chi connectivity index (χ1) is 16.5. The number of furan rings is 1. The second-order valence-electron chi connectivity index (χ2n) is 8.98. The topological polar surface area (TPSA) is 63.6 Å². The van der Waals surface area contributed by atoms with Crippen molar-refractivity contribution >= 4 is 11.6 Å². The maximum absolute atomic E-state index is 13.9. The first kappa shape index (κ1) is 24.5. The molecule has 0 N–H and O–H groups in total. The summed E-state index contributed by atoms with van der Waals surface area (Å²) in [7, 11) is 1.61. The van der Waals surface area contributed by atoms with Crippen molar-refractivity contribution in [2.75, 3.05) is 7.05 Å². The molecule has 3 heterocycles. The van der Waals surface area contributed by atoms with Crippen LogP contribution >= 0.6 is 0 Å². The van der Waals surface area contributed by atoms with Gasteiger partial charge in [-0.1, -0.05) is 38.1 Å². The number of rotatable bonds is 7. The summed E-state index contributed by atoms with van der Waals surface area (Å²) in [5.74, 6) is 0.629. The fourth-order valence-corrected chi connectivity index (χ4v) is 3.85. The van der Waals surface area contributed by atoms with Crippen LogP contribution < -0.4 is 0 Å². The number of carbonyl (C=O) groups is 1. The van der Waals surface area contributed by atoms with Crippen LogP contribution in [0.25, 0.3) is 16.9 Å². The van der Waals surface area contributed by atoms with E-state index in [4.69, 9.17) is 4.42 Å². The summed E-state index contributed by atoms with van der Waals surface area (Å²) in [6.07, 6.45) is -1.83. The van der Waals surface area contributed by atoms with Crippen molar-refractivity contribution < 1.29 is 22.4 Å². The molecule has 4 aromatic rings. The third-order valence-electron chi connectivity index (χ3n) is 6.18. The number of fused-ring (bicyclic) bond motifs is 1. The number of aromatic nitrogens is 3. The molecule has 0 spiro atoms. The van der Waals surface area contributed by atoms with E-state index in [2.05, 4.69) is 10.1 Å². The van der Waals surface area contributed by atoms with Crippen LogP contribution in [0.4, 0.5) is 13.2 Å². The molecule has 184 valence electrons. The molecule has 0 radical (unpaired) electrons. The maximum atomic E-state index is 13.9. The van der Waals surface area contributed by atoms with Crippen LogP contribution in [0.15, 0.2) is 59.2 Å². The minimum Gasteiger partial charge on any atom is -0.469 e. The van der Waals surface area contributed by atoms with Crippen LogP contribution in [0.1, 0.15) is 60.6 Å². The molecule has 3 aromatic heterocycles. The largest absolute Gasteiger partial charge is 0.469 e. The van der Waals surface area contributed by atoms with Gasteiger partial charge in [0.15, 0.2) is 17.0 Å². The van der Waals surface area contributed by atoms with Crippen LogP contribution in [-0.4, -0.2) is 38.5 Å². The molecule has 0 bridgehead atoms. The van der Waals surface area contributed by atoms with Crippen molar-refractivity contribution in [1.82, 2.24) is 19.5 Å². The second-order valence-corrected chi connectivity index (χ2v) is 8.98. The first-order valence-corrected chi connectivity index (χ1v) is 11.4. The smallest absolute Gasteiger partial charge is 0.433 e. The van der Waals surface area contributed by atoms with Crippen LogP contribution in [-0.2, 0) is 12.6 Å². The summed E-state index contributed by atoms with van der Waals surface area (Å²) < 4.78 is 47.8. The summed E-state index contributed by atoms with van der Waals surface area (Å²) in [6.45, 7) is 5.95. The van der Waals surface area contributed by atoms with E-state index in [9.17, 15) is 18.0 Å². The number of hydrogen-bond donors (Lipinski definition) is 0. The lowest BCUT2D eigenvalue weighted by Crippen LogP contribution is -2.35. The Kier molecular flexibility index (Phi) is 6.69. The molecule has 0 saturated heterocycles. The third-order valence-corrected chi connectivity index (χ3v) is 6.18. The van der Waals surface area contributed by atoms with Gasteiger partial charge < -0.3 is 9.32 Å². The highest BCUT2D eigenvalue weighted by molar-refractivity contribution is 5.93. The molecule has 4 rings (SSSR count). The normalized spacial score (nSPS) is 12.9. The number of nitrogens with zero attached hydrogens (tertiary/aromatic N) is 4. The fraction of sp³-hybridized carbons (Fsp3) is 0.346. The van der Waals surface area contributed by atoms with Gasteiger partial charge in [-0.05, 0) is 43.0 Å². The minimum absolute atomic E-state index is 0.0391. The van der Waals surface area contributed by atoms with Crippen molar-refractivity contribution in [3.05, 3.63) is 77.5 Å². The van der Waals surface area contributed by atoms with Gasteiger partial charge in [0, 0.05) is 31.1 Å².